The maximum Gasteiger partial charge on any atom is 0.326 e. The van der Waals surface area contributed by atoms with Gasteiger partial charge in [0.15, 0.2) is 0 Å². The predicted molar refractivity (Wildman–Crippen MR) is 68.4 cm³/mol. The van der Waals surface area contributed by atoms with Gasteiger partial charge in [-0.3, -0.25) is 9.69 Å². The smallest absolute Gasteiger partial charge is 0.326 e. The summed E-state index contributed by atoms with van der Waals surface area (Å²) in [6.07, 6.45) is 1.81. The number of urea groups is 1. The molecular formula is C12H19N3O5. The van der Waals surface area contributed by atoms with Gasteiger partial charge in [-0.25, -0.2) is 9.59 Å². The second-order valence-corrected chi connectivity index (χ2v) is 5.19. The van der Waals surface area contributed by atoms with Gasteiger partial charge in [-0.15, -0.1) is 0 Å². The maximum atomic E-state index is 11.9. The standard InChI is InChI=1S/C12H19N3O5/c16-10(17)7-9(11(18)19)13-12(20)15-5-3-14(4-6-15)8-1-2-8/h8-9H,1-7H2,(H,13,20)(H,16,17)(H,18,19)/t9-/m0/s1. The van der Waals surface area contributed by atoms with Crippen LogP contribution in [0.2, 0.25) is 0 Å². The minimum absolute atomic E-state index is 0.505. The molecule has 0 aromatic rings. The Morgan fingerprint density at radius 2 is 1.70 bits per heavy atom. The van der Waals surface area contributed by atoms with Crippen LogP contribution in [0.1, 0.15) is 19.3 Å². The van der Waals surface area contributed by atoms with Gasteiger partial charge in [0.1, 0.15) is 6.04 Å². The molecule has 8 nitrogen and oxygen atoms in total. The van der Waals surface area contributed by atoms with Crippen molar-refractivity contribution in [2.45, 2.75) is 31.3 Å². The van der Waals surface area contributed by atoms with Crippen LogP contribution in [-0.4, -0.2) is 76.2 Å². The molecule has 1 aliphatic heterocycles. The lowest BCUT2D eigenvalue weighted by molar-refractivity contribution is -0.145. The van der Waals surface area contributed by atoms with Gasteiger partial charge < -0.3 is 20.4 Å². The zero-order valence-corrected chi connectivity index (χ0v) is 11.1. The van der Waals surface area contributed by atoms with Crippen LogP contribution in [0.4, 0.5) is 4.79 Å². The molecule has 1 atom stereocenters. The lowest BCUT2D eigenvalue weighted by Crippen LogP contribution is -2.55. The van der Waals surface area contributed by atoms with Crippen LogP contribution in [0.3, 0.4) is 0 Å². The van der Waals surface area contributed by atoms with Gasteiger partial charge in [-0.05, 0) is 12.8 Å². The average molecular weight is 285 g/mol. The number of hydrogen-bond donors (Lipinski definition) is 3. The van der Waals surface area contributed by atoms with E-state index >= 15 is 0 Å². The summed E-state index contributed by atoms with van der Waals surface area (Å²) in [5.74, 6) is -2.59. The summed E-state index contributed by atoms with van der Waals surface area (Å²) in [7, 11) is 0. The average Bonchev–Trinajstić information content (AvgIpc) is 3.21. The summed E-state index contributed by atoms with van der Waals surface area (Å²) in [5.41, 5.74) is 0. The molecular weight excluding hydrogens is 266 g/mol. The van der Waals surface area contributed by atoms with Crippen molar-refractivity contribution < 1.29 is 24.6 Å². The monoisotopic (exact) mass is 285 g/mol. The fourth-order valence-electron chi connectivity index (χ4n) is 2.34. The molecule has 2 aliphatic rings. The van der Waals surface area contributed by atoms with Crippen LogP contribution in [0.5, 0.6) is 0 Å². The topological polar surface area (TPSA) is 110 Å². The van der Waals surface area contributed by atoms with Crippen molar-refractivity contribution in [2.75, 3.05) is 26.2 Å². The van der Waals surface area contributed by atoms with Crippen molar-refractivity contribution >= 4 is 18.0 Å². The highest BCUT2D eigenvalue weighted by Gasteiger charge is 2.33. The molecule has 0 unspecified atom stereocenters. The van der Waals surface area contributed by atoms with Gasteiger partial charge in [0, 0.05) is 32.2 Å². The molecule has 112 valence electrons. The van der Waals surface area contributed by atoms with E-state index in [0.29, 0.717) is 19.1 Å². The number of nitrogens with one attached hydrogen (secondary N) is 1. The number of carboxylic acids is 2. The second kappa shape index (κ2) is 6.08. The largest absolute Gasteiger partial charge is 0.481 e. The molecule has 2 rings (SSSR count). The second-order valence-electron chi connectivity index (χ2n) is 5.19. The Morgan fingerprint density at radius 3 is 2.15 bits per heavy atom. The summed E-state index contributed by atoms with van der Waals surface area (Å²) >= 11 is 0. The Kier molecular flexibility index (Phi) is 4.43. The van der Waals surface area contributed by atoms with Crippen LogP contribution >= 0.6 is 0 Å². The summed E-state index contributed by atoms with van der Waals surface area (Å²) in [6, 6.07) is -1.24. The summed E-state index contributed by atoms with van der Waals surface area (Å²) in [6.45, 7) is 2.66. The third-order valence-electron chi connectivity index (χ3n) is 3.64. The molecule has 0 radical (unpaired) electrons. The van der Waals surface area contributed by atoms with E-state index in [0.717, 1.165) is 13.1 Å². The van der Waals surface area contributed by atoms with Crippen molar-refractivity contribution in [3.05, 3.63) is 0 Å². The highest BCUT2D eigenvalue weighted by atomic mass is 16.4. The van der Waals surface area contributed by atoms with Crippen LogP contribution in [0.15, 0.2) is 0 Å². The van der Waals surface area contributed by atoms with E-state index < -0.39 is 30.4 Å². The molecule has 1 aliphatic carbocycles. The Labute approximate surface area is 116 Å². The number of rotatable bonds is 5. The fraction of sp³-hybridized carbons (Fsp3) is 0.750. The lowest BCUT2D eigenvalue weighted by Gasteiger charge is -2.35. The van der Waals surface area contributed by atoms with Crippen LogP contribution < -0.4 is 5.32 Å². The Bertz CT molecular complexity index is 402. The number of aliphatic carboxylic acids is 2. The van der Waals surface area contributed by atoms with E-state index in [1.54, 1.807) is 0 Å². The third-order valence-corrected chi connectivity index (χ3v) is 3.64. The van der Waals surface area contributed by atoms with Gasteiger partial charge in [-0.2, -0.15) is 0 Å². The molecule has 0 aromatic carbocycles. The van der Waals surface area contributed by atoms with Crippen LogP contribution in [0.25, 0.3) is 0 Å². The van der Waals surface area contributed by atoms with E-state index in [4.69, 9.17) is 10.2 Å². The summed E-state index contributed by atoms with van der Waals surface area (Å²) in [4.78, 5) is 37.3. The summed E-state index contributed by atoms with van der Waals surface area (Å²) in [5, 5.41) is 19.8. The Morgan fingerprint density at radius 1 is 1.10 bits per heavy atom. The molecule has 3 N–H and O–H groups in total. The van der Waals surface area contributed by atoms with Crippen molar-refractivity contribution in [3.63, 3.8) is 0 Å². The number of nitrogens with zero attached hydrogens (tertiary/aromatic N) is 2. The van der Waals surface area contributed by atoms with Gasteiger partial charge >= 0.3 is 18.0 Å². The van der Waals surface area contributed by atoms with Crippen molar-refractivity contribution in [1.82, 2.24) is 15.1 Å². The van der Waals surface area contributed by atoms with Gasteiger partial charge in [0.25, 0.3) is 0 Å². The molecule has 0 bridgehead atoms. The van der Waals surface area contributed by atoms with Crippen LogP contribution in [0, 0.1) is 0 Å². The van der Waals surface area contributed by atoms with Gasteiger partial charge in [0.2, 0.25) is 0 Å². The highest BCUT2D eigenvalue weighted by molar-refractivity contribution is 5.86. The number of carbonyl (C=O) groups is 3. The molecule has 0 aromatic heterocycles. The lowest BCUT2D eigenvalue weighted by atomic mass is 10.2. The Balaban J connectivity index is 1.81. The zero-order chi connectivity index (χ0) is 14.7. The van der Waals surface area contributed by atoms with Crippen molar-refractivity contribution in [1.29, 1.82) is 0 Å². The molecule has 1 saturated heterocycles. The van der Waals surface area contributed by atoms with Crippen molar-refractivity contribution in [2.24, 2.45) is 0 Å². The van der Waals surface area contributed by atoms with Crippen molar-refractivity contribution in [3.8, 4) is 0 Å². The highest BCUT2D eigenvalue weighted by Crippen LogP contribution is 2.27. The van der Waals surface area contributed by atoms with E-state index in [1.165, 1.54) is 17.7 Å². The van der Waals surface area contributed by atoms with Gasteiger partial charge in [-0.1, -0.05) is 0 Å². The quantitative estimate of drug-likeness (QED) is 0.622. The maximum absolute atomic E-state index is 11.9. The molecule has 20 heavy (non-hydrogen) atoms. The van der Waals surface area contributed by atoms with Crippen LogP contribution in [-0.2, 0) is 9.59 Å². The normalized spacial score (nSPS) is 21.3. The minimum atomic E-state index is -1.39. The predicted octanol–water partition coefficient (Wildman–Crippen LogP) is -0.596. The van der Waals surface area contributed by atoms with E-state index in [1.807, 2.05) is 0 Å². The first-order valence-electron chi connectivity index (χ1n) is 6.71. The molecule has 0 spiro atoms. The number of piperazine rings is 1. The van der Waals surface area contributed by atoms with E-state index in [-0.39, 0.29) is 0 Å². The molecule has 1 saturated carbocycles. The number of carbonyl (C=O) groups excluding carboxylic acids is 1. The summed E-state index contributed by atoms with van der Waals surface area (Å²) < 4.78 is 0. The Hall–Kier alpha value is -1.83. The number of carboxylic acid groups (broad SMARTS) is 2. The first kappa shape index (κ1) is 14.6. The first-order valence-corrected chi connectivity index (χ1v) is 6.71. The van der Waals surface area contributed by atoms with E-state index in [9.17, 15) is 14.4 Å². The third kappa shape index (κ3) is 3.83. The fourth-order valence-corrected chi connectivity index (χ4v) is 2.34. The zero-order valence-electron chi connectivity index (χ0n) is 11.1. The molecule has 2 amide bonds. The van der Waals surface area contributed by atoms with E-state index in [2.05, 4.69) is 10.2 Å². The minimum Gasteiger partial charge on any atom is -0.481 e. The number of hydrogen-bond acceptors (Lipinski definition) is 4. The molecule has 8 heteroatoms. The number of amides is 2. The first-order chi connectivity index (χ1) is 9.47. The van der Waals surface area contributed by atoms with Gasteiger partial charge in [0.05, 0.1) is 6.42 Å². The molecule has 1 heterocycles. The molecule has 2 fully saturated rings. The SMILES string of the molecule is O=C(O)C[C@H](NC(=O)N1CCN(C2CC2)CC1)C(=O)O.